The van der Waals surface area contributed by atoms with Gasteiger partial charge >= 0.3 is 5.97 Å². The number of carbonyl (C=O) groups is 2. The van der Waals surface area contributed by atoms with Crippen LogP contribution in [0.5, 0.6) is 0 Å². The Bertz CT molecular complexity index is 1220. The molecule has 1 aromatic heterocycles. The third-order valence-electron chi connectivity index (χ3n) is 5.02. The van der Waals surface area contributed by atoms with Crippen molar-refractivity contribution in [3.05, 3.63) is 76.2 Å². The van der Waals surface area contributed by atoms with Gasteiger partial charge in [0.1, 0.15) is 0 Å². The van der Waals surface area contributed by atoms with E-state index >= 15 is 0 Å². The van der Waals surface area contributed by atoms with Gasteiger partial charge in [0.05, 0.1) is 17.6 Å². The van der Waals surface area contributed by atoms with E-state index in [2.05, 4.69) is 10.2 Å². The quantitative estimate of drug-likeness (QED) is 0.574. The Morgan fingerprint density at radius 3 is 2.48 bits per heavy atom. The molecule has 0 spiro atoms. The SMILES string of the molecule is CCCn1nc(C(=O)OCC(=O)N2CCC(c3ccccc3)=N2)c2ccccc2c1=O. The highest BCUT2D eigenvalue weighted by molar-refractivity contribution is 6.04. The highest BCUT2D eigenvalue weighted by Crippen LogP contribution is 2.16. The van der Waals surface area contributed by atoms with Crippen molar-refractivity contribution >= 4 is 28.4 Å². The Hall–Kier alpha value is -3.81. The predicted octanol–water partition coefficient (Wildman–Crippen LogP) is 2.60. The second kappa shape index (κ2) is 8.91. The molecule has 0 saturated carbocycles. The first-order valence-corrected chi connectivity index (χ1v) is 10.2. The fourth-order valence-corrected chi connectivity index (χ4v) is 3.49. The molecule has 0 radical (unpaired) electrons. The van der Waals surface area contributed by atoms with Crippen molar-refractivity contribution in [2.45, 2.75) is 26.3 Å². The number of hydrazone groups is 1. The maximum Gasteiger partial charge on any atom is 0.359 e. The van der Waals surface area contributed by atoms with Crippen LogP contribution in [-0.4, -0.2) is 45.5 Å². The molecule has 1 amide bonds. The van der Waals surface area contributed by atoms with Crippen LogP contribution in [-0.2, 0) is 16.1 Å². The van der Waals surface area contributed by atoms with Crippen LogP contribution in [0.25, 0.3) is 10.8 Å². The van der Waals surface area contributed by atoms with Gasteiger partial charge in [0.15, 0.2) is 12.3 Å². The maximum atomic E-state index is 12.7. The van der Waals surface area contributed by atoms with Gasteiger partial charge in [-0.15, -0.1) is 0 Å². The van der Waals surface area contributed by atoms with Gasteiger partial charge in [0, 0.05) is 18.4 Å². The second-order valence-corrected chi connectivity index (χ2v) is 7.18. The van der Waals surface area contributed by atoms with Crippen LogP contribution in [0.15, 0.2) is 64.5 Å². The molecule has 3 aromatic rings. The van der Waals surface area contributed by atoms with Crippen LogP contribution in [0.2, 0.25) is 0 Å². The molecule has 1 aliphatic rings. The average molecular weight is 418 g/mol. The van der Waals surface area contributed by atoms with E-state index < -0.39 is 18.5 Å². The highest BCUT2D eigenvalue weighted by Gasteiger charge is 2.24. The van der Waals surface area contributed by atoms with Gasteiger partial charge in [-0.25, -0.2) is 14.5 Å². The second-order valence-electron chi connectivity index (χ2n) is 7.18. The molecule has 158 valence electrons. The van der Waals surface area contributed by atoms with Crippen molar-refractivity contribution < 1.29 is 14.3 Å². The summed E-state index contributed by atoms with van der Waals surface area (Å²) in [5.74, 6) is -1.16. The zero-order valence-electron chi connectivity index (χ0n) is 17.2. The third kappa shape index (κ3) is 4.23. The minimum atomic E-state index is -0.749. The number of rotatable bonds is 6. The van der Waals surface area contributed by atoms with Gasteiger partial charge in [0.2, 0.25) is 0 Å². The number of aromatic nitrogens is 2. The fourth-order valence-electron chi connectivity index (χ4n) is 3.49. The number of carbonyl (C=O) groups excluding carboxylic acids is 2. The van der Waals surface area contributed by atoms with E-state index in [1.54, 1.807) is 24.3 Å². The number of benzene rings is 2. The lowest BCUT2D eigenvalue weighted by molar-refractivity contribution is -0.134. The molecule has 1 aliphatic heterocycles. The Balaban J connectivity index is 1.50. The summed E-state index contributed by atoms with van der Waals surface area (Å²) >= 11 is 0. The van der Waals surface area contributed by atoms with Crippen LogP contribution in [0.3, 0.4) is 0 Å². The number of ether oxygens (including phenoxy) is 1. The highest BCUT2D eigenvalue weighted by atomic mass is 16.5. The molecule has 8 heteroatoms. The van der Waals surface area contributed by atoms with Gasteiger partial charge in [-0.1, -0.05) is 55.5 Å². The number of amides is 1. The van der Waals surface area contributed by atoms with E-state index in [9.17, 15) is 14.4 Å². The number of esters is 1. The molecule has 2 aromatic carbocycles. The zero-order valence-corrected chi connectivity index (χ0v) is 17.2. The van der Waals surface area contributed by atoms with E-state index in [-0.39, 0.29) is 11.3 Å². The molecule has 0 bridgehead atoms. The Labute approximate surface area is 178 Å². The van der Waals surface area contributed by atoms with Crippen LogP contribution >= 0.6 is 0 Å². The minimum Gasteiger partial charge on any atom is -0.451 e. The number of nitrogens with zero attached hydrogens (tertiary/aromatic N) is 4. The lowest BCUT2D eigenvalue weighted by atomic mass is 10.1. The van der Waals surface area contributed by atoms with E-state index in [1.807, 2.05) is 37.3 Å². The summed E-state index contributed by atoms with van der Waals surface area (Å²) in [5, 5.41) is 10.7. The third-order valence-corrected chi connectivity index (χ3v) is 5.02. The largest absolute Gasteiger partial charge is 0.451 e. The van der Waals surface area contributed by atoms with E-state index in [0.29, 0.717) is 36.7 Å². The molecule has 8 nitrogen and oxygen atoms in total. The molecule has 0 fully saturated rings. The molecule has 0 unspecified atom stereocenters. The molecule has 0 N–H and O–H groups in total. The van der Waals surface area contributed by atoms with Crippen LogP contribution < -0.4 is 5.56 Å². The summed E-state index contributed by atoms with van der Waals surface area (Å²) in [6.07, 6.45) is 1.33. The van der Waals surface area contributed by atoms with Crippen molar-refractivity contribution in [3.63, 3.8) is 0 Å². The molecule has 4 rings (SSSR count). The van der Waals surface area contributed by atoms with Crippen molar-refractivity contribution in [1.29, 1.82) is 0 Å². The Kier molecular flexibility index (Phi) is 5.88. The first-order chi connectivity index (χ1) is 15.1. The average Bonchev–Trinajstić information content (AvgIpc) is 3.30. The summed E-state index contributed by atoms with van der Waals surface area (Å²) in [4.78, 5) is 37.8. The molecule has 31 heavy (non-hydrogen) atoms. The number of hydrogen-bond acceptors (Lipinski definition) is 6. The van der Waals surface area contributed by atoms with E-state index in [1.165, 1.54) is 9.69 Å². The van der Waals surface area contributed by atoms with Gasteiger partial charge in [-0.2, -0.15) is 10.2 Å². The Morgan fingerprint density at radius 2 is 1.74 bits per heavy atom. The predicted molar refractivity (Wildman–Crippen MR) is 116 cm³/mol. The summed E-state index contributed by atoms with van der Waals surface area (Å²) < 4.78 is 6.51. The summed E-state index contributed by atoms with van der Waals surface area (Å²) in [6.45, 7) is 2.28. The van der Waals surface area contributed by atoms with E-state index in [4.69, 9.17) is 4.74 Å². The van der Waals surface area contributed by atoms with Gasteiger partial charge in [-0.05, 0) is 18.1 Å². The first kappa shape index (κ1) is 20.5. The lowest BCUT2D eigenvalue weighted by Crippen LogP contribution is -2.30. The van der Waals surface area contributed by atoms with Gasteiger partial charge in [0.25, 0.3) is 11.5 Å². The summed E-state index contributed by atoms with van der Waals surface area (Å²) in [6, 6.07) is 16.4. The summed E-state index contributed by atoms with van der Waals surface area (Å²) in [5.41, 5.74) is 1.54. The van der Waals surface area contributed by atoms with Crippen LogP contribution in [0.4, 0.5) is 0 Å². The number of aryl methyl sites for hydroxylation is 1. The number of fused-ring (bicyclic) bond motifs is 1. The maximum absolute atomic E-state index is 12.7. The molecule has 0 saturated heterocycles. The molecular formula is C23H22N4O4. The lowest BCUT2D eigenvalue weighted by Gasteiger charge is -2.13. The normalized spacial score (nSPS) is 13.3. The first-order valence-electron chi connectivity index (χ1n) is 10.2. The smallest absolute Gasteiger partial charge is 0.359 e. The minimum absolute atomic E-state index is 0.0198. The summed E-state index contributed by atoms with van der Waals surface area (Å²) in [7, 11) is 0. The molecule has 0 aliphatic carbocycles. The van der Waals surface area contributed by atoms with Crippen LogP contribution in [0.1, 0.15) is 35.8 Å². The standard InChI is InChI=1S/C23H22N4O4/c1-2-13-27-22(29)18-11-7-6-10-17(18)21(25-27)23(30)31-15-20(28)26-14-12-19(24-26)16-8-4-3-5-9-16/h3-11H,2,12-15H2,1H3. The topological polar surface area (TPSA) is 93.9 Å². The molecule has 0 atom stereocenters. The van der Waals surface area contributed by atoms with Gasteiger partial charge in [-0.3, -0.25) is 9.59 Å². The monoisotopic (exact) mass is 418 g/mol. The molecule has 2 heterocycles. The Morgan fingerprint density at radius 1 is 1.03 bits per heavy atom. The van der Waals surface area contributed by atoms with Crippen molar-refractivity contribution in [1.82, 2.24) is 14.8 Å². The van der Waals surface area contributed by atoms with E-state index in [0.717, 1.165) is 11.3 Å². The fraction of sp³-hybridized carbons (Fsp3) is 0.261. The van der Waals surface area contributed by atoms with Crippen molar-refractivity contribution in [2.75, 3.05) is 13.2 Å². The van der Waals surface area contributed by atoms with Crippen molar-refractivity contribution in [2.24, 2.45) is 5.10 Å². The number of hydrogen-bond donors (Lipinski definition) is 0. The van der Waals surface area contributed by atoms with Gasteiger partial charge < -0.3 is 4.74 Å². The van der Waals surface area contributed by atoms with Crippen LogP contribution in [0, 0.1) is 0 Å². The zero-order chi connectivity index (χ0) is 21.8. The molecular weight excluding hydrogens is 396 g/mol. The van der Waals surface area contributed by atoms with Crippen molar-refractivity contribution in [3.8, 4) is 0 Å².